The van der Waals surface area contributed by atoms with Crippen molar-refractivity contribution in [3.05, 3.63) is 229 Å². The molecule has 0 atom stereocenters. The summed E-state index contributed by atoms with van der Waals surface area (Å²) in [7, 11) is -4.42. The van der Waals surface area contributed by atoms with Crippen molar-refractivity contribution < 1.29 is 8.83 Å². The van der Waals surface area contributed by atoms with Crippen LogP contribution in [-0.4, -0.2) is 16.1 Å². The number of rotatable bonds is 8. The van der Waals surface area contributed by atoms with Crippen molar-refractivity contribution in [3.63, 3.8) is 0 Å². The predicted octanol–water partition coefficient (Wildman–Crippen LogP) is 20.5. The van der Waals surface area contributed by atoms with Crippen LogP contribution in [0.3, 0.4) is 0 Å². The molecule has 75 heavy (non-hydrogen) atoms. The average molecular weight is 1000 g/mol. The van der Waals surface area contributed by atoms with Gasteiger partial charge in [-0.2, -0.15) is 0 Å². The molecule has 4 nitrogen and oxygen atoms in total. The van der Waals surface area contributed by atoms with E-state index in [9.17, 15) is 0 Å². The molecule has 0 saturated heterocycles. The first-order valence-corrected chi connectivity index (χ1v) is 33.4. The van der Waals surface area contributed by atoms with E-state index >= 15 is 0 Å². The second-order valence-electron chi connectivity index (χ2n) is 22.9. The molecule has 13 aromatic rings. The molecule has 0 amide bonds. The maximum Gasteiger partial charge on any atom is 0.159 e. The predicted molar refractivity (Wildman–Crippen MR) is 325 cm³/mol. The van der Waals surface area contributed by atoms with Gasteiger partial charge in [0.15, 0.2) is 11.2 Å². The van der Waals surface area contributed by atoms with Gasteiger partial charge in [0.25, 0.3) is 0 Å². The van der Waals surface area contributed by atoms with Crippen LogP contribution < -0.4 is 9.80 Å². The third-order valence-corrected chi connectivity index (χ3v) is 26.8. The number of fused-ring (bicyclic) bond motifs is 16. The first-order chi connectivity index (χ1) is 36.3. The van der Waals surface area contributed by atoms with Crippen LogP contribution in [0.25, 0.3) is 87.3 Å². The van der Waals surface area contributed by atoms with E-state index in [1.807, 2.05) is 0 Å². The molecule has 0 bridgehead atoms. The highest BCUT2D eigenvalue weighted by atomic mass is 28.4. The second-order valence-corrected chi connectivity index (χ2v) is 33.9. The molecule has 1 aliphatic carbocycles. The quantitative estimate of drug-likeness (QED) is 0.112. The Kier molecular flexibility index (Phi) is 9.95. The van der Waals surface area contributed by atoms with Gasteiger partial charge in [0.05, 0.1) is 27.5 Å². The summed E-state index contributed by atoms with van der Waals surface area (Å²) in [6, 6.07) is 76.2. The number of anilines is 6. The van der Waals surface area contributed by atoms with E-state index < -0.39 is 16.1 Å². The van der Waals surface area contributed by atoms with Crippen molar-refractivity contribution in [1.29, 1.82) is 0 Å². The van der Waals surface area contributed by atoms with Gasteiger partial charge in [-0.25, -0.2) is 0 Å². The third kappa shape index (κ3) is 6.46. The smallest absolute Gasteiger partial charge is 0.159 e. The molecule has 0 N–H and O–H groups in total. The lowest BCUT2D eigenvalue weighted by molar-refractivity contribution is 0.668. The van der Waals surface area contributed by atoms with Crippen LogP contribution in [0.15, 0.2) is 215 Å². The van der Waals surface area contributed by atoms with E-state index in [0.717, 1.165) is 78.0 Å². The monoisotopic (exact) mass is 1000 g/mol. The molecule has 0 fully saturated rings. The summed E-state index contributed by atoms with van der Waals surface area (Å²) in [6.45, 7) is 20.3. The van der Waals surface area contributed by atoms with E-state index in [-0.39, 0.29) is 4.66 Å². The number of hydrogen-bond acceptors (Lipinski definition) is 4. The Morgan fingerprint density at radius 2 is 0.800 bits per heavy atom. The Balaban J connectivity index is 1.03. The van der Waals surface area contributed by atoms with Crippen LogP contribution in [0.4, 0.5) is 34.1 Å². The fourth-order valence-electron chi connectivity index (χ4n) is 14.1. The largest absolute Gasteiger partial charge is 0.454 e. The Hall–Kier alpha value is -8.17. The minimum absolute atomic E-state index is 0.166. The van der Waals surface area contributed by atoms with Crippen molar-refractivity contribution in [3.8, 4) is 11.1 Å². The fraction of sp³-hybridized carbons (Fsp3) is 0.130. The molecule has 0 saturated carbocycles. The van der Waals surface area contributed by atoms with Gasteiger partial charge >= 0.3 is 0 Å². The van der Waals surface area contributed by atoms with Crippen molar-refractivity contribution >= 4 is 126 Å². The zero-order valence-corrected chi connectivity index (χ0v) is 45.8. The summed E-state index contributed by atoms with van der Waals surface area (Å²) < 4.78 is 13.4. The molecule has 14 rings (SSSR count). The van der Waals surface area contributed by atoms with Gasteiger partial charge in [-0.3, -0.25) is 0 Å². The zero-order chi connectivity index (χ0) is 51.1. The van der Waals surface area contributed by atoms with Crippen molar-refractivity contribution in [1.82, 2.24) is 0 Å². The summed E-state index contributed by atoms with van der Waals surface area (Å²) >= 11 is 0. The van der Waals surface area contributed by atoms with E-state index in [1.165, 1.54) is 65.7 Å². The first-order valence-electron chi connectivity index (χ1n) is 26.4. The standard InChI is InChI=1S/C69H58N2O2Si2/c1-43-21-9-15-29-58(43)70(60-31-19-27-54-50-24-13-17-33-62(50)72-67(54)60)46-36-39-48-45(41-46)35-38-56-64-52-26-12-11-23-49(52)57-42-47(37-40-53(57)66(64)69(65(48)56,74(3,4)5)75(6,7)8)71(59-30-16-10-22-44(59)2)61-32-20-28-55-51-25-14-18-34-63(51)73-68(55)61/h9-42H,1-8H3. The molecule has 2 aromatic heterocycles. The second kappa shape index (κ2) is 16.4. The van der Waals surface area contributed by atoms with Gasteiger partial charge in [-0.1, -0.05) is 185 Å². The molecule has 0 unspecified atom stereocenters. The molecule has 1 aliphatic rings. The van der Waals surface area contributed by atoms with Gasteiger partial charge in [0.1, 0.15) is 11.2 Å². The summed E-state index contributed by atoms with van der Waals surface area (Å²) in [4.78, 5) is 4.85. The molecule has 2 heterocycles. The lowest BCUT2D eigenvalue weighted by Gasteiger charge is -2.52. The number of benzene rings is 11. The normalized spacial score (nSPS) is 13.4. The minimum atomic E-state index is -2.21. The van der Waals surface area contributed by atoms with E-state index in [2.05, 4.69) is 269 Å². The van der Waals surface area contributed by atoms with E-state index in [4.69, 9.17) is 8.83 Å². The Morgan fingerprint density at radius 3 is 1.35 bits per heavy atom. The zero-order valence-electron chi connectivity index (χ0n) is 43.8. The van der Waals surface area contributed by atoms with Crippen LogP contribution in [0.1, 0.15) is 22.3 Å². The maximum absolute atomic E-state index is 6.80. The van der Waals surface area contributed by atoms with Crippen LogP contribution in [0.5, 0.6) is 0 Å². The molecule has 0 radical (unpaired) electrons. The number of para-hydroxylation sites is 6. The lowest BCUT2D eigenvalue weighted by Crippen LogP contribution is -2.63. The van der Waals surface area contributed by atoms with Crippen LogP contribution in [0, 0.1) is 13.8 Å². The first kappa shape index (κ1) is 45.4. The maximum atomic E-state index is 6.80. The van der Waals surface area contributed by atoms with Gasteiger partial charge in [0, 0.05) is 49.0 Å². The Bertz CT molecular complexity index is 4500. The number of furan rings is 2. The molecule has 6 heteroatoms. The highest BCUT2D eigenvalue weighted by molar-refractivity contribution is 7.00. The molecule has 0 aliphatic heterocycles. The van der Waals surface area contributed by atoms with Gasteiger partial charge in [0.2, 0.25) is 0 Å². The van der Waals surface area contributed by atoms with Crippen molar-refractivity contribution in [2.45, 2.75) is 57.8 Å². The third-order valence-electron chi connectivity index (χ3n) is 16.8. The molecule has 11 aromatic carbocycles. The van der Waals surface area contributed by atoms with Crippen LogP contribution in [-0.2, 0) is 4.66 Å². The highest BCUT2D eigenvalue weighted by Gasteiger charge is 2.60. The SMILES string of the molecule is Cc1ccccc1N(c1ccc2c3c(ccc2c1)-c1c(c2ccc(N(c4ccccc4C)c4cccc5c4oc4ccccc45)cc2c2ccccc12)C3([Si](C)(C)C)[Si](C)(C)C)c1cccc2c1oc1ccccc12. The topological polar surface area (TPSA) is 32.8 Å². The summed E-state index contributed by atoms with van der Waals surface area (Å²) in [6.07, 6.45) is 0. The molecule has 0 spiro atoms. The lowest BCUT2D eigenvalue weighted by atomic mass is 9.91. The van der Waals surface area contributed by atoms with Gasteiger partial charge < -0.3 is 18.6 Å². The van der Waals surface area contributed by atoms with E-state index in [0.29, 0.717) is 0 Å². The average Bonchev–Trinajstić information content (AvgIpc) is 4.18. The minimum Gasteiger partial charge on any atom is -0.454 e. The Morgan fingerprint density at radius 1 is 0.347 bits per heavy atom. The summed E-state index contributed by atoms with van der Waals surface area (Å²) in [5, 5.41) is 12.3. The van der Waals surface area contributed by atoms with Crippen LogP contribution in [0.2, 0.25) is 39.3 Å². The highest BCUT2D eigenvalue weighted by Crippen LogP contribution is 2.63. The van der Waals surface area contributed by atoms with Crippen molar-refractivity contribution in [2.75, 3.05) is 9.80 Å². The van der Waals surface area contributed by atoms with Crippen LogP contribution >= 0.6 is 0 Å². The number of aryl methyl sites for hydroxylation is 2. The molecule has 364 valence electrons. The van der Waals surface area contributed by atoms with E-state index in [1.54, 1.807) is 0 Å². The number of hydrogen-bond donors (Lipinski definition) is 0. The molecular formula is C69H58N2O2Si2. The van der Waals surface area contributed by atoms with Gasteiger partial charge in [-0.15, -0.1) is 0 Å². The summed E-state index contributed by atoms with van der Waals surface area (Å²) in [5.41, 5.74) is 18.3. The summed E-state index contributed by atoms with van der Waals surface area (Å²) in [5.74, 6) is 0. The Labute approximate surface area is 440 Å². The fourth-order valence-corrected chi connectivity index (χ4v) is 27.1. The number of nitrogens with zero attached hydrogens (tertiary/aromatic N) is 2. The molecular weight excluding hydrogens is 945 g/mol. The van der Waals surface area contributed by atoms with Gasteiger partial charge in [-0.05, 0) is 140 Å². The van der Waals surface area contributed by atoms with Crippen molar-refractivity contribution in [2.24, 2.45) is 0 Å².